The highest BCUT2D eigenvalue weighted by atomic mass is 16.2. The van der Waals surface area contributed by atoms with Gasteiger partial charge in [0, 0.05) is 25.7 Å². The average molecular weight is 298 g/mol. The lowest BCUT2D eigenvalue weighted by molar-refractivity contribution is -0.132. The first-order valence-electron chi connectivity index (χ1n) is 8.17. The maximum Gasteiger partial charge on any atom is 0.222 e. The molecule has 3 heterocycles. The van der Waals surface area contributed by atoms with Crippen molar-refractivity contribution in [2.75, 3.05) is 18.0 Å². The fourth-order valence-electron chi connectivity index (χ4n) is 3.80. The van der Waals surface area contributed by atoms with E-state index in [-0.39, 0.29) is 5.91 Å². The van der Waals surface area contributed by atoms with Crippen molar-refractivity contribution >= 4 is 11.7 Å². The Bertz CT molecular complexity index is 577. The number of anilines is 1. The van der Waals surface area contributed by atoms with Gasteiger partial charge in [0.05, 0.1) is 17.6 Å². The Balaban J connectivity index is 1.80. The predicted molar refractivity (Wildman–Crippen MR) is 84.3 cm³/mol. The summed E-state index contributed by atoms with van der Waals surface area (Å²) in [5.41, 5.74) is 0.586. The summed E-state index contributed by atoms with van der Waals surface area (Å²) >= 11 is 0. The first-order valence-corrected chi connectivity index (χ1v) is 8.17. The van der Waals surface area contributed by atoms with Crippen molar-refractivity contribution in [2.45, 2.75) is 51.1 Å². The number of likely N-dealkylation sites (tertiary alicyclic amines) is 1. The Hall–Kier alpha value is -2.09. The summed E-state index contributed by atoms with van der Waals surface area (Å²) in [6.45, 7) is 3.81. The standard InChI is InChI=1S/C17H22N4O/c1-2-17(22)21-10-4-6-15(21)14-5-3-9-20(14)16-8-7-13(11-18)12-19-16/h7-8,12,14-15H,2-6,9-10H2,1H3/t14-,15-/m0/s1. The first-order chi connectivity index (χ1) is 10.7. The van der Waals surface area contributed by atoms with E-state index in [0.29, 0.717) is 24.1 Å². The zero-order valence-electron chi connectivity index (χ0n) is 13.0. The summed E-state index contributed by atoms with van der Waals surface area (Å²) < 4.78 is 0. The molecule has 2 aliphatic rings. The Morgan fingerprint density at radius 2 is 2.09 bits per heavy atom. The van der Waals surface area contributed by atoms with Crippen molar-refractivity contribution in [3.63, 3.8) is 0 Å². The van der Waals surface area contributed by atoms with Crippen LogP contribution < -0.4 is 4.90 Å². The molecule has 0 aromatic carbocycles. The van der Waals surface area contributed by atoms with Gasteiger partial charge in [-0.05, 0) is 37.8 Å². The molecule has 0 bridgehead atoms. The number of rotatable bonds is 3. The van der Waals surface area contributed by atoms with Gasteiger partial charge in [0.1, 0.15) is 11.9 Å². The van der Waals surface area contributed by atoms with Crippen LogP contribution >= 0.6 is 0 Å². The van der Waals surface area contributed by atoms with Crippen molar-refractivity contribution in [1.29, 1.82) is 5.26 Å². The molecule has 0 aliphatic carbocycles. The molecule has 2 atom stereocenters. The van der Waals surface area contributed by atoms with E-state index >= 15 is 0 Å². The van der Waals surface area contributed by atoms with Gasteiger partial charge in [0.15, 0.2) is 0 Å². The molecule has 2 aliphatic heterocycles. The highest BCUT2D eigenvalue weighted by Crippen LogP contribution is 2.32. The van der Waals surface area contributed by atoms with Crippen LogP contribution in [0.5, 0.6) is 0 Å². The Morgan fingerprint density at radius 3 is 2.77 bits per heavy atom. The molecule has 0 spiro atoms. The Morgan fingerprint density at radius 1 is 1.32 bits per heavy atom. The van der Waals surface area contributed by atoms with Crippen molar-refractivity contribution < 1.29 is 4.79 Å². The normalized spacial score (nSPS) is 24.5. The highest BCUT2D eigenvalue weighted by molar-refractivity contribution is 5.76. The predicted octanol–water partition coefficient (Wildman–Crippen LogP) is 2.32. The number of nitrogens with zero attached hydrogens (tertiary/aromatic N) is 4. The topological polar surface area (TPSA) is 60.2 Å². The third-order valence-corrected chi connectivity index (χ3v) is 4.84. The van der Waals surface area contributed by atoms with Gasteiger partial charge in [-0.2, -0.15) is 5.26 Å². The molecule has 5 nitrogen and oxygen atoms in total. The Labute approximate surface area is 131 Å². The van der Waals surface area contributed by atoms with Gasteiger partial charge in [0.2, 0.25) is 5.91 Å². The van der Waals surface area contributed by atoms with Crippen LogP contribution in [0.15, 0.2) is 18.3 Å². The van der Waals surface area contributed by atoms with Gasteiger partial charge in [-0.1, -0.05) is 6.92 Å². The maximum absolute atomic E-state index is 12.2. The molecule has 1 amide bonds. The third-order valence-electron chi connectivity index (χ3n) is 4.84. The summed E-state index contributed by atoms with van der Waals surface area (Å²) in [5.74, 6) is 1.19. The van der Waals surface area contributed by atoms with E-state index in [4.69, 9.17) is 5.26 Å². The van der Waals surface area contributed by atoms with Gasteiger partial charge in [-0.25, -0.2) is 4.98 Å². The minimum Gasteiger partial charge on any atom is -0.352 e. The van der Waals surface area contributed by atoms with Crippen LogP contribution in [0.1, 0.15) is 44.6 Å². The number of pyridine rings is 1. The molecule has 0 N–H and O–H groups in total. The lowest BCUT2D eigenvalue weighted by Crippen LogP contribution is -2.48. The second-order valence-electron chi connectivity index (χ2n) is 6.07. The molecule has 5 heteroatoms. The van der Waals surface area contributed by atoms with E-state index in [0.717, 1.165) is 44.6 Å². The van der Waals surface area contributed by atoms with Gasteiger partial charge >= 0.3 is 0 Å². The second kappa shape index (κ2) is 6.35. The summed E-state index contributed by atoms with van der Waals surface area (Å²) in [6, 6.07) is 6.53. The number of carbonyl (C=O) groups excluding carboxylic acids is 1. The van der Waals surface area contributed by atoms with Gasteiger partial charge < -0.3 is 9.80 Å². The molecule has 22 heavy (non-hydrogen) atoms. The number of nitriles is 1. The van der Waals surface area contributed by atoms with E-state index in [9.17, 15) is 4.79 Å². The van der Waals surface area contributed by atoms with E-state index in [1.807, 2.05) is 19.1 Å². The summed E-state index contributed by atoms with van der Waals surface area (Å²) in [5, 5.41) is 8.89. The van der Waals surface area contributed by atoms with Gasteiger partial charge in [0.25, 0.3) is 0 Å². The van der Waals surface area contributed by atoms with Crippen LogP contribution in [0, 0.1) is 11.3 Å². The lowest BCUT2D eigenvalue weighted by Gasteiger charge is -2.35. The minimum absolute atomic E-state index is 0.266. The Kier molecular flexibility index (Phi) is 4.28. The number of aromatic nitrogens is 1. The SMILES string of the molecule is CCC(=O)N1CCC[C@H]1[C@@H]1CCCN1c1ccc(C#N)cn1. The zero-order valence-corrected chi connectivity index (χ0v) is 13.0. The number of hydrogen-bond donors (Lipinski definition) is 0. The highest BCUT2D eigenvalue weighted by Gasteiger charge is 2.39. The molecule has 2 fully saturated rings. The average Bonchev–Trinajstić information content (AvgIpc) is 3.22. The number of amides is 1. The van der Waals surface area contributed by atoms with Crippen LogP contribution in [-0.4, -0.2) is 41.0 Å². The van der Waals surface area contributed by atoms with Crippen LogP contribution in [0.2, 0.25) is 0 Å². The van der Waals surface area contributed by atoms with Crippen LogP contribution in [-0.2, 0) is 4.79 Å². The van der Waals surface area contributed by atoms with E-state index in [1.165, 1.54) is 0 Å². The molecule has 1 aromatic heterocycles. The molecular weight excluding hydrogens is 276 g/mol. The molecule has 2 saturated heterocycles. The number of hydrogen-bond acceptors (Lipinski definition) is 4. The monoisotopic (exact) mass is 298 g/mol. The van der Waals surface area contributed by atoms with Crippen LogP contribution in [0.25, 0.3) is 0 Å². The van der Waals surface area contributed by atoms with Crippen molar-refractivity contribution in [2.24, 2.45) is 0 Å². The molecular formula is C17H22N4O. The fraction of sp³-hybridized carbons (Fsp3) is 0.588. The summed E-state index contributed by atoms with van der Waals surface area (Å²) in [6.07, 6.45) is 6.65. The number of carbonyl (C=O) groups is 1. The zero-order chi connectivity index (χ0) is 15.5. The second-order valence-corrected chi connectivity index (χ2v) is 6.07. The van der Waals surface area contributed by atoms with Gasteiger partial charge in [-0.3, -0.25) is 4.79 Å². The fourth-order valence-corrected chi connectivity index (χ4v) is 3.80. The largest absolute Gasteiger partial charge is 0.352 e. The molecule has 0 unspecified atom stereocenters. The summed E-state index contributed by atoms with van der Waals surface area (Å²) in [7, 11) is 0. The van der Waals surface area contributed by atoms with Crippen LogP contribution in [0.4, 0.5) is 5.82 Å². The molecule has 116 valence electrons. The maximum atomic E-state index is 12.2. The quantitative estimate of drug-likeness (QED) is 0.859. The molecule has 0 radical (unpaired) electrons. The first kappa shape index (κ1) is 14.8. The van der Waals surface area contributed by atoms with Gasteiger partial charge in [-0.15, -0.1) is 0 Å². The van der Waals surface area contributed by atoms with E-state index in [1.54, 1.807) is 6.20 Å². The summed E-state index contributed by atoms with van der Waals surface area (Å²) in [4.78, 5) is 21.0. The van der Waals surface area contributed by atoms with Crippen LogP contribution in [0.3, 0.4) is 0 Å². The van der Waals surface area contributed by atoms with E-state index < -0.39 is 0 Å². The van der Waals surface area contributed by atoms with Crippen molar-refractivity contribution in [3.8, 4) is 6.07 Å². The lowest BCUT2D eigenvalue weighted by atomic mass is 10.0. The molecule has 3 rings (SSSR count). The van der Waals surface area contributed by atoms with Crippen molar-refractivity contribution in [1.82, 2.24) is 9.88 Å². The third kappa shape index (κ3) is 2.66. The van der Waals surface area contributed by atoms with Crippen molar-refractivity contribution in [3.05, 3.63) is 23.9 Å². The molecule has 1 aromatic rings. The molecule has 0 saturated carbocycles. The minimum atomic E-state index is 0.266. The van der Waals surface area contributed by atoms with E-state index in [2.05, 4.69) is 20.9 Å². The smallest absolute Gasteiger partial charge is 0.222 e.